The van der Waals surface area contributed by atoms with Crippen molar-refractivity contribution in [2.45, 2.75) is 53.9 Å². The van der Waals surface area contributed by atoms with E-state index in [9.17, 15) is 0 Å². The van der Waals surface area contributed by atoms with Gasteiger partial charge in [-0.15, -0.1) is 0 Å². The highest BCUT2D eigenvalue weighted by atomic mass is 14.7. The summed E-state index contributed by atoms with van der Waals surface area (Å²) >= 11 is 0. The lowest BCUT2D eigenvalue weighted by Gasteiger charge is -2.19. The summed E-state index contributed by atoms with van der Waals surface area (Å²) in [6, 6.07) is 4.24. The molecule has 1 heteroatoms. The van der Waals surface area contributed by atoms with E-state index in [-0.39, 0.29) is 0 Å². The number of rotatable bonds is 0. The predicted octanol–water partition coefficient (Wildman–Crippen LogP) is 4.26. The van der Waals surface area contributed by atoms with Crippen LogP contribution in [-0.4, -0.2) is 4.98 Å². The Kier molecular flexibility index (Phi) is 7.98. The molecular formula is C14H25N. The Morgan fingerprint density at radius 1 is 1.20 bits per heavy atom. The number of fused-ring (bicyclic) bond motifs is 1. The first-order chi connectivity index (χ1) is 7.36. The predicted molar refractivity (Wildman–Crippen MR) is 68.1 cm³/mol. The summed E-state index contributed by atoms with van der Waals surface area (Å²) in [5.74, 6) is 0.853. The van der Waals surface area contributed by atoms with E-state index in [0.717, 1.165) is 5.92 Å². The number of hydrogen-bond acceptors (Lipinski definition) is 1. The second-order valence-corrected chi connectivity index (χ2v) is 3.46. The van der Waals surface area contributed by atoms with Crippen LogP contribution in [0.1, 0.15) is 52.3 Å². The van der Waals surface area contributed by atoms with E-state index in [4.69, 9.17) is 0 Å². The molecule has 1 aliphatic carbocycles. The van der Waals surface area contributed by atoms with Gasteiger partial charge in [0.15, 0.2) is 0 Å². The van der Waals surface area contributed by atoms with Crippen LogP contribution in [-0.2, 0) is 12.8 Å². The van der Waals surface area contributed by atoms with Crippen molar-refractivity contribution >= 4 is 0 Å². The van der Waals surface area contributed by atoms with E-state index < -0.39 is 0 Å². The van der Waals surface area contributed by atoms with Gasteiger partial charge < -0.3 is 0 Å². The Hall–Kier alpha value is -0.850. The average molecular weight is 207 g/mol. The van der Waals surface area contributed by atoms with Gasteiger partial charge in [-0.2, -0.15) is 0 Å². The molecule has 0 saturated carbocycles. The van der Waals surface area contributed by atoms with Gasteiger partial charge in [0.25, 0.3) is 0 Å². The molecular weight excluding hydrogens is 182 g/mol. The lowest BCUT2D eigenvalue weighted by molar-refractivity contribution is 0.494. The molecule has 0 amide bonds. The fraction of sp³-hybridized carbons (Fsp3) is 0.643. The first kappa shape index (κ1) is 14.2. The molecule has 0 N–H and O–H groups in total. The number of aromatic nitrogens is 1. The van der Waals surface area contributed by atoms with Crippen molar-refractivity contribution in [3.8, 4) is 0 Å². The third-order valence-electron chi connectivity index (χ3n) is 2.43. The highest BCUT2D eigenvalue weighted by Crippen LogP contribution is 2.22. The largest absolute Gasteiger partial charge is 0.261 e. The molecule has 1 nitrogen and oxygen atoms in total. The molecule has 1 aromatic rings. The van der Waals surface area contributed by atoms with Gasteiger partial charge in [-0.25, -0.2) is 0 Å². The highest BCUT2D eigenvalue weighted by molar-refractivity contribution is 5.22. The summed E-state index contributed by atoms with van der Waals surface area (Å²) < 4.78 is 0. The van der Waals surface area contributed by atoms with Crippen molar-refractivity contribution < 1.29 is 0 Å². The smallest absolute Gasteiger partial charge is 0.0435 e. The quantitative estimate of drug-likeness (QED) is 0.619. The minimum absolute atomic E-state index is 0.853. The topological polar surface area (TPSA) is 12.9 Å². The molecule has 0 fully saturated rings. The molecule has 1 aromatic heterocycles. The molecule has 0 aromatic carbocycles. The fourth-order valence-electron chi connectivity index (χ4n) is 1.74. The number of aryl methyl sites for hydroxylation is 1. The van der Waals surface area contributed by atoms with Crippen molar-refractivity contribution in [1.29, 1.82) is 0 Å². The van der Waals surface area contributed by atoms with Gasteiger partial charge in [0.05, 0.1) is 0 Å². The Morgan fingerprint density at radius 3 is 2.53 bits per heavy atom. The van der Waals surface area contributed by atoms with Crippen molar-refractivity contribution in [2.24, 2.45) is 5.92 Å². The first-order valence-electron chi connectivity index (χ1n) is 6.29. The standard InChI is InChI=1S/C10H13N.2C2H6/c1-8-4-5-10-9(7-8)3-2-6-11-10;2*1-2/h2-3,6,8H,4-5,7H2,1H3;2*1-2H3. The van der Waals surface area contributed by atoms with Crippen molar-refractivity contribution in [3.05, 3.63) is 29.6 Å². The number of hydrogen-bond donors (Lipinski definition) is 0. The van der Waals surface area contributed by atoms with Gasteiger partial charge in [0, 0.05) is 11.9 Å². The Balaban J connectivity index is 0.000000442. The molecule has 0 spiro atoms. The molecule has 0 radical (unpaired) electrons. The average Bonchev–Trinajstić information content (AvgIpc) is 2.34. The summed E-state index contributed by atoms with van der Waals surface area (Å²) in [6.07, 6.45) is 5.61. The molecule has 86 valence electrons. The summed E-state index contributed by atoms with van der Waals surface area (Å²) in [5, 5.41) is 0. The van der Waals surface area contributed by atoms with E-state index in [1.165, 1.54) is 30.5 Å². The lowest BCUT2D eigenvalue weighted by atomic mass is 9.88. The molecule has 1 aliphatic rings. The van der Waals surface area contributed by atoms with Crippen LogP contribution in [0.5, 0.6) is 0 Å². The highest BCUT2D eigenvalue weighted by Gasteiger charge is 2.14. The maximum absolute atomic E-state index is 4.35. The third kappa shape index (κ3) is 4.46. The Bertz CT molecular complexity index is 255. The Morgan fingerprint density at radius 2 is 1.87 bits per heavy atom. The van der Waals surface area contributed by atoms with Crippen molar-refractivity contribution in [2.75, 3.05) is 0 Å². The normalized spacial score (nSPS) is 17.5. The zero-order chi connectivity index (χ0) is 11.7. The molecule has 0 saturated heterocycles. The maximum atomic E-state index is 4.35. The lowest BCUT2D eigenvalue weighted by Crippen LogP contribution is -2.12. The summed E-state index contributed by atoms with van der Waals surface area (Å²) in [6.45, 7) is 10.3. The van der Waals surface area contributed by atoms with Crippen LogP contribution in [0.2, 0.25) is 0 Å². The molecule has 1 unspecified atom stereocenters. The monoisotopic (exact) mass is 207 g/mol. The van der Waals surface area contributed by atoms with Crippen LogP contribution >= 0.6 is 0 Å². The molecule has 1 heterocycles. The summed E-state index contributed by atoms with van der Waals surface area (Å²) in [7, 11) is 0. The first-order valence-corrected chi connectivity index (χ1v) is 6.29. The summed E-state index contributed by atoms with van der Waals surface area (Å²) in [5.41, 5.74) is 2.79. The molecule has 1 atom stereocenters. The molecule has 0 aliphatic heterocycles. The SMILES string of the molecule is CC.CC.CC1CCc2ncccc2C1. The number of pyridine rings is 1. The minimum atomic E-state index is 0.853. The van der Waals surface area contributed by atoms with Gasteiger partial charge >= 0.3 is 0 Å². The van der Waals surface area contributed by atoms with E-state index >= 15 is 0 Å². The molecule has 0 bridgehead atoms. The van der Waals surface area contributed by atoms with Crippen LogP contribution in [0.3, 0.4) is 0 Å². The summed E-state index contributed by atoms with van der Waals surface area (Å²) in [4.78, 5) is 4.35. The Labute approximate surface area is 94.9 Å². The van der Waals surface area contributed by atoms with Crippen molar-refractivity contribution in [1.82, 2.24) is 4.98 Å². The van der Waals surface area contributed by atoms with Crippen molar-refractivity contribution in [3.63, 3.8) is 0 Å². The minimum Gasteiger partial charge on any atom is -0.261 e. The zero-order valence-electron chi connectivity index (χ0n) is 10.9. The van der Waals surface area contributed by atoms with Gasteiger partial charge in [0.2, 0.25) is 0 Å². The van der Waals surface area contributed by atoms with Gasteiger partial charge in [0.1, 0.15) is 0 Å². The van der Waals surface area contributed by atoms with Crippen LogP contribution in [0.15, 0.2) is 18.3 Å². The maximum Gasteiger partial charge on any atom is 0.0435 e. The molecule has 15 heavy (non-hydrogen) atoms. The van der Waals surface area contributed by atoms with Crippen LogP contribution in [0.25, 0.3) is 0 Å². The van der Waals surface area contributed by atoms with Crippen LogP contribution in [0, 0.1) is 5.92 Å². The van der Waals surface area contributed by atoms with Gasteiger partial charge in [-0.1, -0.05) is 40.7 Å². The van der Waals surface area contributed by atoms with E-state index in [1.54, 1.807) is 0 Å². The van der Waals surface area contributed by atoms with Gasteiger partial charge in [-0.05, 0) is 36.8 Å². The second kappa shape index (κ2) is 8.46. The zero-order valence-corrected chi connectivity index (χ0v) is 10.9. The second-order valence-electron chi connectivity index (χ2n) is 3.46. The van der Waals surface area contributed by atoms with Crippen LogP contribution in [0.4, 0.5) is 0 Å². The van der Waals surface area contributed by atoms with E-state index in [2.05, 4.69) is 18.0 Å². The molecule has 2 rings (SSSR count). The fourth-order valence-corrected chi connectivity index (χ4v) is 1.74. The van der Waals surface area contributed by atoms with Gasteiger partial charge in [-0.3, -0.25) is 4.98 Å². The third-order valence-corrected chi connectivity index (χ3v) is 2.43. The number of nitrogens with zero attached hydrogens (tertiary/aromatic N) is 1. The van der Waals surface area contributed by atoms with E-state index in [1.807, 2.05) is 40.0 Å². The van der Waals surface area contributed by atoms with Crippen LogP contribution < -0.4 is 0 Å². The van der Waals surface area contributed by atoms with E-state index in [0.29, 0.717) is 0 Å².